The van der Waals surface area contributed by atoms with E-state index in [1.807, 2.05) is 11.0 Å². The number of nitrogens with two attached hydrogens (primary N) is 1. The van der Waals surface area contributed by atoms with Gasteiger partial charge in [0, 0.05) is 51.6 Å². The molecule has 0 saturated carbocycles. The summed E-state index contributed by atoms with van der Waals surface area (Å²) in [6, 6.07) is 4.36. The van der Waals surface area contributed by atoms with E-state index < -0.39 is 29.7 Å². The number of nitrogens with zero attached hydrogens (tertiary/aromatic N) is 3. The lowest BCUT2D eigenvalue weighted by atomic mass is 10.0. The summed E-state index contributed by atoms with van der Waals surface area (Å²) >= 11 is 0. The number of carbonyl (C=O) groups is 5. The number of benzene rings is 1. The van der Waals surface area contributed by atoms with Crippen molar-refractivity contribution in [2.75, 3.05) is 32.8 Å². The zero-order valence-corrected chi connectivity index (χ0v) is 20.8. The van der Waals surface area contributed by atoms with Crippen LogP contribution < -0.4 is 11.1 Å². The second-order valence-corrected chi connectivity index (χ2v) is 10.3. The third kappa shape index (κ3) is 5.29. The van der Waals surface area contributed by atoms with E-state index in [2.05, 4.69) is 10.2 Å². The van der Waals surface area contributed by atoms with Crippen LogP contribution in [0.2, 0.25) is 0 Å². The summed E-state index contributed by atoms with van der Waals surface area (Å²) in [6.07, 6.45) is 2.82. The molecule has 3 N–H and O–H groups in total. The van der Waals surface area contributed by atoms with Gasteiger partial charge in [-0.25, -0.2) is 0 Å². The lowest BCUT2D eigenvalue weighted by Gasteiger charge is -2.34. The lowest BCUT2D eigenvalue weighted by molar-refractivity contribution is -0.136. The minimum absolute atomic E-state index is 0.0830. The van der Waals surface area contributed by atoms with Gasteiger partial charge in [-0.15, -0.1) is 0 Å². The number of ether oxygens (including phenoxy) is 1. The largest absolute Gasteiger partial charge is 0.376 e. The lowest BCUT2D eigenvalue weighted by Crippen LogP contribution is -2.54. The molecule has 1 aromatic rings. The first kappa shape index (κ1) is 25.5. The zero-order valence-electron chi connectivity index (χ0n) is 20.8. The number of imide groups is 2. The van der Waals surface area contributed by atoms with Crippen LogP contribution in [0.25, 0.3) is 0 Å². The third-order valence-electron chi connectivity index (χ3n) is 7.74. The first-order chi connectivity index (χ1) is 17.8. The average Bonchev–Trinajstić information content (AvgIpc) is 3.14. The van der Waals surface area contributed by atoms with Gasteiger partial charge in [-0.05, 0) is 37.3 Å². The Morgan fingerprint density at radius 1 is 1.05 bits per heavy atom. The molecule has 11 nitrogen and oxygen atoms in total. The maximum absolute atomic E-state index is 13.4. The van der Waals surface area contributed by atoms with Crippen molar-refractivity contribution >= 4 is 29.5 Å². The van der Waals surface area contributed by atoms with Crippen LogP contribution in [-0.4, -0.2) is 95.2 Å². The quantitative estimate of drug-likeness (QED) is 0.509. The molecule has 11 heteroatoms. The molecule has 4 aliphatic rings. The van der Waals surface area contributed by atoms with Gasteiger partial charge in [0.1, 0.15) is 6.04 Å². The molecule has 5 amide bonds. The molecule has 198 valence electrons. The topological polar surface area (TPSA) is 142 Å². The number of fused-ring (bicyclic) bond motifs is 1. The summed E-state index contributed by atoms with van der Waals surface area (Å²) < 4.78 is 5.91. The summed E-state index contributed by atoms with van der Waals surface area (Å²) in [4.78, 5) is 68.0. The van der Waals surface area contributed by atoms with Crippen molar-refractivity contribution in [3.8, 4) is 0 Å². The van der Waals surface area contributed by atoms with Crippen LogP contribution in [0.3, 0.4) is 0 Å². The van der Waals surface area contributed by atoms with Crippen molar-refractivity contribution in [3.05, 3.63) is 34.9 Å². The van der Waals surface area contributed by atoms with Gasteiger partial charge >= 0.3 is 0 Å². The number of nitrogens with one attached hydrogen (secondary N) is 1. The number of hydrogen-bond donors (Lipinski definition) is 2. The minimum atomic E-state index is -0.987. The Bertz CT molecular complexity index is 1110. The van der Waals surface area contributed by atoms with Crippen LogP contribution in [0.5, 0.6) is 0 Å². The van der Waals surface area contributed by atoms with Gasteiger partial charge < -0.3 is 15.4 Å². The Morgan fingerprint density at radius 3 is 2.59 bits per heavy atom. The maximum Gasteiger partial charge on any atom is 0.262 e. The number of morpholine rings is 1. The van der Waals surface area contributed by atoms with Crippen LogP contribution in [0.15, 0.2) is 18.2 Å². The Labute approximate surface area is 215 Å². The maximum atomic E-state index is 13.4. The molecular weight excluding hydrogens is 478 g/mol. The number of rotatable bonds is 6. The Balaban J connectivity index is 1.21. The highest BCUT2D eigenvalue weighted by Gasteiger charge is 2.45. The fraction of sp³-hybridized carbons (Fsp3) is 0.577. The van der Waals surface area contributed by atoms with E-state index in [0.29, 0.717) is 63.3 Å². The molecule has 4 aliphatic heterocycles. The molecule has 2 atom stereocenters. The van der Waals surface area contributed by atoms with Gasteiger partial charge in [0.2, 0.25) is 17.7 Å². The highest BCUT2D eigenvalue weighted by Crippen LogP contribution is 2.31. The van der Waals surface area contributed by atoms with Crippen LogP contribution in [0, 0.1) is 0 Å². The SMILES string of the molecule is NC1CCN(C(=O)CC[C@H]2CN(Cc3cccc4c3C(=O)N(C3CCC(=O)NC3=O)C4=O)CCO2)CC1. The van der Waals surface area contributed by atoms with Gasteiger partial charge in [0.15, 0.2) is 0 Å². The Morgan fingerprint density at radius 2 is 1.84 bits per heavy atom. The predicted molar refractivity (Wildman–Crippen MR) is 131 cm³/mol. The molecule has 5 rings (SSSR count). The summed E-state index contributed by atoms with van der Waals surface area (Å²) in [7, 11) is 0. The molecule has 0 spiro atoms. The fourth-order valence-corrected chi connectivity index (χ4v) is 5.65. The molecule has 3 saturated heterocycles. The molecule has 3 fully saturated rings. The number of amides is 5. The summed E-state index contributed by atoms with van der Waals surface area (Å²) in [5, 5.41) is 2.22. The molecule has 1 unspecified atom stereocenters. The van der Waals surface area contributed by atoms with Gasteiger partial charge in [-0.1, -0.05) is 12.1 Å². The number of likely N-dealkylation sites (tertiary alicyclic amines) is 1. The van der Waals surface area contributed by atoms with Crippen LogP contribution >= 0.6 is 0 Å². The Hall–Kier alpha value is -3.15. The van der Waals surface area contributed by atoms with Crippen LogP contribution in [0.4, 0.5) is 0 Å². The van der Waals surface area contributed by atoms with Crippen LogP contribution in [0.1, 0.15) is 64.8 Å². The summed E-state index contributed by atoms with van der Waals surface area (Å²) in [5.74, 6) is -1.89. The molecule has 1 aromatic carbocycles. The number of hydrogen-bond acceptors (Lipinski definition) is 8. The van der Waals surface area contributed by atoms with E-state index in [9.17, 15) is 24.0 Å². The van der Waals surface area contributed by atoms with Gasteiger partial charge in [0.05, 0.1) is 23.8 Å². The van der Waals surface area contributed by atoms with E-state index in [1.165, 1.54) is 0 Å². The zero-order chi connectivity index (χ0) is 26.1. The van der Waals surface area contributed by atoms with Crippen molar-refractivity contribution in [2.24, 2.45) is 5.73 Å². The third-order valence-corrected chi connectivity index (χ3v) is 7.74. The second kappa shape index (κ2) is 10.7. The molecule has 4 heterocycles. The van der Waals surface area contributed by atoms with E-state index in [4.69, 9.17) is 10.5 Å². The van der Waals surface area contributed by atoms with E-state index in [1.54, 1.807) is 12.1 Å². The van der Waals surface area contributed by atoms with E-state index in [-0.39, 0.29) is 36.5 Å². The summed E-state index contributed by atoms with van der Waals surface area (Å²) in [5.41, 5.74) is 7.25. The Kier molecular flexibility index (Phi) is 7.36. The van der Waals surface area contributed by atoms with Crippen molar-refractivity contribution in [1.82, 2.24) is 20.0 Å². The molecular formula is C26H33N5O6. The second-order valence-electron chi connectivity index (χ2n) is 10.3. The molecule has 0 bridgehead atoms. The van der Waals surface area contributed by atoms with Crippen molar-refractivity contribution < 1.29 is 28.7 Å². The first-order valence-electron chi connectivity index (χ1n) is 13.0. The number of piperidine rings is 2. The molecule has 37 heavy (non-hydrogen) atoms. The van der Waals surface area contributed by atoms with Gasteiger partial charge in [-0.3, -0.25) is 39.1 Å². The normalized spacial score (nSPS) is 25.4. The van der Waals surface area contributed by atoms with Crippen molar-refractivity contribution in [3.63, 3.8) is 0 Å². The fourth-order valence-electron chi connectivity index (χ4n) is 5.65. The molecule has 0 aromatic heterocycles. The first-order valence-corrected chi connectivity index (χ1v) is 13.0. The molecule has 0 radical (unpaired) electrons. The van der Waals surface area contributed by atoms with Gasteiger partial charge in [0.25, 0.3) is 11.8 Å². The highest BCUT2D eigenvalue weighted by atomic mass is 16.5. The smallest absolute Gasteiger partial charge is 0.262 e. The standard InChI is InChI=1S/C26H33N5O6/c27-17-8-10-30(11-9-17)22(33)7-4-18-15-29(12-13-37-18)14-16-2-1-3-19-23(16)26(36)31(25(19)35)20-5-6-21(32)28-24(20)34/h1-3,17-18,20H,4-15,27H2,(H,28,32,34)/t18-,20?/m0/s1. The van der Waals surface area contributed by atoms with Crippen LogP contribution in [-0.2, 0) is 25.7 Å². The van der Waals surface area contributed by atoms with E-state index in [0.717, 1.165) is 17.7 Å². The highest BCUT2D eigenvalue weighted by molar-refractivity contribution is 6.24. The average molecular weight is 512 g/mol. The van der Waals surface area contributed by atoms with Gasteiger partial charge in [-0.2, -0.15) is 0 Å². The number of carbonyl (C=O) groups excluding carboxylic acids is 5. The van der Waals surface area contributed by atoms with Crippen molar-refractivity contribution in [1.29, 1.82) is 0 Å². The predicted octanol–water partition coefficient (Wildman–Crippen LogP) is 0.0185. The monoisotopic (exact) mass is 511 g/mol. The van der Waals surface area contributed by atoms with E-state index >= 15 is 0 Å². The molecule has 0 aliphatic carbocycles. The minimum Gasteiger partial charge on any atom is -0.376 e. The summed E-state index contributed by atoms with van der Waals surface area (Å²) in [6.45, 7) is 3.65. The van der Waals surface area contributed by atoms with Crippen molar-refractivity contribution in [2.45, 2.75) is 63.3 Å².